The highest BCUT2D eigenvalue weighted by Crippen LogP contribution is 2.37. The molecule has 1 aliphatic rings. The first-order valence-electron chi connectivity index (χ1n) is 8.42. The van der Waals surface area contributed by atoms with Crippen molar-refractivity contribution in [2.75, 3.05) is 19.7 Å². The molecule has 2 rings (SSSR count). The fourth-order valence-corrected chi connectivity index (χ4v) is 3.30. The molecule has 1 unspecified atom stereocenters. The predicted molar refractivity (Wildman–Crippen MR) is 85.6 cm³/mol. The molecule has 25 heavy (non-hydrogen) atoms. The molecular weight excluding hydrogens is 341 g/mol. The summed E-state index contributed by atoms with van der Waals surface area (Å²) in [7, 11) is 0. The second kappa shape index (κ2) is 7.99. The average molecular weight is 365 g/mol. The van der Waals surface area contributed by atoms with Crippen LogP contribution >= 0.6 is 0 Å². The summed E-state index contributed by atoms with van der Waals surface area (Å²) in [6.45, 7) is 2.64. The molecule has 0 amide bonds. The number of rotatable bonds is 6. The Hall–Kier alpha value is -1.21. The monoisotopic (exact) mass is 365 g/mol. The van der Waals surface area contributed by atoms with Crippen molar-refractivity contribution in [3.63, 3.8) is 0 Å². The zero-order chi connectivity index (χ0) is 18.7. The van der Waals surface area contributed by atoms with Gasteiger partial charge in [0, 0.05) is 25.0 Å². The molecule has 1 aromatic carbocycles. The van der Waals surface area contributed by atoms with E-state index < -0.39 is 23.9 Å². The summed E-state index contributed by atoms with van der Waals surface area (Å²) in [4.78, 5) is 2.08. The Morgan fingerprint density at radius 1 is 1.12 bits per heavy atom. The minimum absolute atomic E-state index is 0.228. The van der Waals surface area contributed by atoms with E-state index in [0.29, 0.717) is 32.5 Å². The Morgan fingerprint density at radius 2 is 1.68 bits per heavy atom. The highest BCUT2D eigenvalue weighted by atomic mass is 19.4. The van der Waals surface area contributed by atoms with Crippen LogP contribution in [0.5, 0.6) is 0 Å². The van der Waals surface area contributed by atoms with E-state index in [1.807, 2.05) is 0 Å². The number of halogens is 5. The Balaban J connectivity index is 1.92. The lowest BCUT2D eigenvalue weighted by atomic mass is 9.76. The number of nitrogens with zero attached hydrogens (tertiary/aromatic N) is 1. The number of hydrogen-bond acceptors (Lipinski definition) is 2. The number of likely N-dealkylation sites (tertiary alicyclic amines) is 1. The van der Waals surface area contributed by atoms with Gasteiger partial charge in [-0.3, -0.25) is 4.90 Å². The van der Waals surface area contributed by atoms with Crippen LogP contribution in [0.2, 0.25) is 0 Å². The first-order chi connectivity index (χ1) is 11.6. The summed E-state index contributed by atoms with van der Waals surface area (Å²) < 4.78 is 63.5. The van der Waals surface area contributed by atoms with E-state index in [9.17, 15) is 27.1 Å². The summed E-state index contributed by atoms with van der Waals surface area (Å²) in [5.74, 6) is -1.50. The van der Waals surface area contributed by atoms with Gasteiger partial charge in [-0.2, -0.15) is 13.2 Å². The lowest BCUT2D eigenvalue weighted by Gasteiger charge is -2.40. The standard InChI is InChI=1S/C18H24F5NO/c1-13(18(21,22)23)15-4-2-14(3-5-15)11-24-8-6-17(12-25,7-9-24)10-16(19)20/h2-5,13,16,25H,6-12H2,1H3. The molecule has 7 heteroatoms. The van der Waals surface area contributed by atoms with Gasteiger partial charge in [0.2, 0.25) is 6.43 Å². The van der Waals surface area contributed by atoms with Crippen molar-refractivity contribution in [1.82, 2.24) is 4.90 Å². The summed E-state index contributed by atoms with van der Waals surface area (Å²) in [6, 6.07) is 6.35. The van der Waals surface area contributed by atoms with Gasteiger partial charge < -0.3 is 5.11 Å². The van der Waals surface area contributed by atoms with Gasteiger partial charge in [0.25, 0.3) is 0 Å². The molecule has 0 radical (unpaired) electrons. The maximum Gasteiger partial charge on any atom is 0.395 e. The largest absolute Gasteiger partial charge is 0.396 e. The van der Waals surface area contributed by atoms with Gasteiger partial charge in [-0.15, -0.1) is 0 Å². The third kappa shape index (κ3) is 5.38. The van der Waals surface area contributed by atoms with Gasteiger partial charge in [0.05, 0.1) is 5.92 Å². The van der Waals surface area contributed by atoms with E-state index in [4.69, 9.17) is 0 Å². The van der Waals surface area contributed by atoms with Crippen LogP contribution in [-0.4, -0.2) is 42.3 Å². The summed E-state index contributed by atoms with van der Waals surface area (Å²) in [5, 5.41) is 9.47. The molecule has 1 atom stereocenters. The zero-order valence-electron chi connectivity index (χ0n) is 14.2. The van der Waals surface area contributed by atoms with Crippen LogP contribution in [0.1, 0.15) is 43.2 Å². The van der Waals surface area contributed by atoms with E-state index in [-0.39, 0.29) is 18.6 Å². The molecule has 0 aliphatic carbocycles. The van der Waals surface area contributed by atoms with Crippen LogP contribution in [0.15, 0.2) is 24.3 Å². The lowest BCUT2D eigenvalue weighted by Crippen LogP contribution is -2.42. The van der Waals surface area contributed by atoms with Gasteiger partial charge in [-0.1, -0.05) is 24.3 Å². The number of hydrogen-bond donors (Lipinski definition) is 1. The summed E-state index contributed by atoms with van der Waals surface area (Å²) in [6.07, 6.45) is -5.98. The van der Waals surface area contributed by atoms with Crippen molar-refractivity contribution in [2.45, 2.75) is 51.3 Å². The van der Waals surface area contributed by atoms with Crippen LogP contribution < -0.4 is 0 Å². The molecule has 0 aromatic heterocycles. The molecule has 2 nitrogen and oxygen atoms in total. The highest BCUT2D eigenvalue weighted by molar-refractivity contribution is 5.26. The van der Waals surface area contributed by atoms with Crippen LogP contribution in [0, 0.1) is 5.41 Å². The molecule has 0 spiro atoms. The molecule has 1 aliphatic heterocycles. The van der Waals surface area contributed by atoms with Crippen LogP contribution in [0.25, 0.3) is 0 Å². The lowest BCUT2D eigenvalue weighted by molar-refractivity contribution is -0.146. The van der Waals surface area contributed by atoms with E-state index in [0.717, 1.165) is 12.5 Å². The Bertz CT molecular complexity index is 535. The molecule has 0 bridgehead atoms. The first-order valence-corrected chi connectivity index (χ1v) is 8.42. The maximum atomic E-state index is 12.7. The molecule has 1 aromatic rings. The molecule has 1 saturated heterocycles. The highest BCUT2D eigenvalue weighted by Gasteiger charge is 2.37. The van der Waals surface area contributed by atoms with Gasteiger partial charge >= 0.3 is 6.18 Å². The number of aliphatic hydroxyl groups excluding tert-OH is 1. The molecule has 1 fully saturated rings. The van der Waals surface area contributed by atoms with Gasteiger partial charge in [0.15, 0.2) is 0 Å². The Kier molecular flexibility index (Phi) is 6.43. The fraction of sp³-hybridized carbons (Fsp3) is 0.667. The Labute approximate surface area is 144 Å². The fourth-order valence-electron chi connectivity index (χ4n) is 3.30. The molecule has 1 N–H and O–H groups in total. The maximum absolute atomic E-state index is 12.7. The Morgan fingerprint density at radius 3 is 2.12 bits per heavy atom. The first kappa shape index (κ1) is 20.1. The number of aliphatic hydroxyl groups is 1. The van der Waals surface area contributed by atoms with E-state index in [2.05, 4.69) is 4.90 Å². The summed E-state index contributed by atoms with van der Waals surface area (Å²) >= 11 is 0. The quantitative estimate of drug-likeness (QED) is 0.746. The van der Waals surface area contributed by atoms with Crippen molar-refractivity contribution in [3.8, 4) is 0 Å². The van der Waals surface area contributed by atoms with Crippen molar-refractivity contribution >= 4 is 0 Å². The third-order valence-corrected chi connectivity index (χ3v) is 5.22. The number of alkyl halides is 5. The normalized spacial score (nSPS) is 20.0. The van der Waals surface area contributed by atoms with Gasteiger partial charge in [-0.25, -0.2) is 8.78 Å². The minimum Gasteiger partial charge on any atom is -0.396 e. The second-order valence-electron chi connectivity index (χ2n) is 7.03. The average Bonchev–Trinajstić information content (AvgIpc) is 2.55. The summed E-state index contributed by atoms with van der Waals surface area (Å²) in [5.41, 5.74) is 0.408. The number of piperidine rings is 1. The van der Waals surface area contributed by atoms with Crippen LogP contribution in [0.4, 0.5) is 22.0 Å². The molecule has 0 saturated carbocycles. The van der Waals surface area contributed by atoms with Crippen molar-refractivity contribution in [2.24, 2.45) is 5.41 Å². The number of benzene rings is 1. The zero-order valence-corrected chi connectivity index (χ0v) is 14.2. The van der Waals surface area contributed by atoms with Gasteiger partial charge in [0.1, 0.15) is 0 Å². The topological polar surface area (TPSA) is 23.5 Å². The van der Waals surface area contributed by atoms with Crippen molar-refractivity contribution in [1.29, 1.82) is 0 Å². The third-order valence-electron chi connectivity index (χ3n) is 5.22. The van der Waals surface area contributed by atoms with Crippen LogP contribution in [0.3, 0.4) is 0 Å². The smallest absolute Gasteiger partial charge is 0.395 e. The van der Waals surface area contributed by atoms with Crippen molar-refractivity contribution < 1.29 is 27.1 Å². The molecule has 1 heterocycles. The van der Waals surface area contributed by atoms with E-state index in [1.54, 1.807) is 12.1 Å². The molecule has 142 valence electrons. The van der Waals surface area contributed by atoms with E-state index in [1.165, 1.54) is 12.1 Å². The van der Waals surface area contributed by atoms with E-state index >= 15 is 0 Å². The van der Waals surface area contributed by atoms with Crippen LogP contribution in [-0.2, 0) is 6.54 Å². The minimum atomic E-state index is -4.26. The SMILES string of the molecule is CC(c1ccc(CN2CCC(CO)(CC(F)F)CC2)cc1)C(F)(F)F. The predicted octanol–water partition coefficient (Wildman–Crippen LogP) is 4.58. The molecular formula is C18H24F5NO. The van der Waals surface area contributed by atoms with Gasteiger partial charge in [-0.05, 0) is 44.0 Å². The second-order valence-corrected chi connectivity index (χ2v) is 7.03. The van der Waals surface area contributed by atoms with Crippen molar-refractivity contribution in [3.05, 3.63) is 35.4 Å².